The molecule has 6 heteroatoms. The van der Waals surface area contributed by atoms with E-state index in [1.165, 1.54) is 0 Å². The van der Waals surface area contributed by atoms with Gasteiger partial charge < -0.3 is 20.9 Å². The Morgan fingerprint density at radius 3 is 2.27 bits per heavy atom. The number of anilines is 1. The second kappa shape index (κ2) is 9.87. The first-order valence-corrected chi connectivity index (χ1v) is 10.6. The Bertz CT molecular complexity index is 1270. The molecule has 1 atom stereocenters. The van der Waals surface area contributed by atoms with Crippen LogP contribution in [0.15, 0.2) is 91.0 Å². The molecule has 33 heavy (non-hydrogen) atoms. The van der Waals surface area contributed by atoms with Crippen LogP contribution in [0, 0.1) is 0 Å². The number of rotatable bonds is 8. The Morgan fingerprint density at radius 2 is 1.55 bits per heavy atom. The summed E-state index contributed by atoms with van der Waals surface area (Å²) in [5.41, 5.74) is 8.52. The molecule has 6 nitrogen and oxygen atoms in total. The number of benzene rings is 4. The maximum Gasteiger partial charge on any atom is 0.326 e. The van der Waals surface area contributed by atoms with E-state index in [0.29, 0.717) is 17.9 Å². The molecular weight excluding hydrogens is 416 g/mol. The zero-order valence-electron chi connectivity index (χ0n) is 17.9. The third-order valence-corrected chi connectivity index (χ3v) is 5.35. The van der Waals surface area contributed by atoms with Crippen molar-refractivity contribution in [1.29, 1.82) is 0 Å². The van der Waals surface area contributed by atoms with Gasteiger partial charge >= 0.3 is 5.97 Å². The molecule has 0 saturated carbocycles. The first-order valence-electron chi connectivity index (χ1n) is 10.6. The fourth-order valence-corrected chi connectivity index (χ4v) is 3.53. The molecule has 4 aromatic carbocycles. The van der Waals surface area contributed by atoms with Crippen LogP contribution in [0.1, 0.15) is 21.5 Å². The second-order valence-electron chi connectivity index (χ2n) is 7.81. The van der Waals surface area contributed by atoms with E-state index < -0.39 is 17.9 Å². The van der Waals surface area contributed by atoms with Crippen molar-refractivity contribution >= 4 is 28.3 Å². The number of carboxylic acids is 1. The molecule has 0 aliphatic carbocycles. The lowest BCUT2D eigenvalue weighted by atomic mass is 10.0. The molecule has 4 N–H and O–H groups in total. The van der Waals surface area contributed by atoms with Gasteiger partial charge in [0, 0.05) is 17.7 Å². The lowest BCUT2D eigenvalue weighted by Gasteiger charge is -2.15. The van der Waals surface area contributed by atoms with Gasteiger partial charge in [-0.3, -0.25) is 4.79 Å². The van der Waals surface area contributed by atoms with Crippen LogP contribution >= 0.6 is 0 Å². The smallest absolute Gasteiger partial charge is 0.326 e. The van der Waals surface area contributed by atoms with Crippen molar-refractivity contribution in [2.75, 3.05) is 5.73 Å². The Kier molecular flexibility index (Phi) is 6.55. The average Bonchev–Trinajstić information content (AvgIpc) is 2.83. The fourth-order valence-electron chi connectivity index (χ4n) is 3.53. The molecule has 1 amide bonds. The Labute approximate surface area is 191 Å². The summed E-state index contributed by atoms with van der Waals surface area (Å²) in [5.74, 6) is -0.802. The second-order valence-corrected chi connectivity index (χ2v) is 7.81. The highest BCUT2D eigenvalue weighted by molar-refractivity contribution is 6.00. The number of amides is 1. The van der Waals surface area contributed by atoms with Crippen LogP contribution in [-0.4, -0.2) is 23.0 Å². The summed E-state index contributed by atoms with van der Waals surface area (Å²) < 4.78 is 5.87. The summed E-state index contributed by atoms with van der Waals surface area (Å²) in [6, 6.07) is 26.7. The molecule has 4 aromatic rings. The van der Waals surface area contributed by atoms with Crippen LogP contribution < -0.4 is 15.8 Å². The first-order chi connectivity index (χ1) is 16.0. The summed E-state index contributed by atoms with van der Waals surface area (Å²) in [7, 11) is 0. The van der Waals surface area contributed by atoms with Crippen molar-refractivity contribution in [2.24, 2.45) is 0 Å². The maximum atomic E-state index is 12.8. The van der Waals surface area contributed by atoms with Crippen LogP contribution in [0.5, 0.6) is 5.75 Å². The van der Waals surface area contributed by atoms with E-state index in [0.717, 1.165) is 27.6 Å². The number of fused-ring (bicyclic) bond motifs is 1. The lowest BCUT2D eigenvalue weighted by Crippen LogP contribution is -2.42. The highest BCUT2D eigenvalue weighted by atomic mass is 16.5. The third kappa shape index (κ3) is 5.68. The van der Waals surface area contributed by atoms with Crippen LogP contribution in [0.25, 0.3) is 10.8 Å². The number of carbonyl (C=O) groups is 2. The van der Waals surface area contributed by atoms with E-state index in [9.17, 15) is 14.7 Å². The number of hydrogen-bond donors (Lipinski definition) is 3. The van der Waals surface area contributed by atoms with Crippen molar-refractivity contribution < 1.29 is 19.4 Å². The van der Waals surface area contributed by atoms with Crippen molar-refractivity contribution in [3.05, 3.63) is 108 Å². The summed E-state index contributed by atoms with van der Waals surface area (Å²) in [4.78, 5) is 24.5. The molecule has 0 heterocycles. The number of aliphatic carboxylic acids is 1. The molecule has 0 bridgehead atoms. The topological polar surface area (TPSA) is 102 Å². The molecule has 0 saturated heterocycles. The zero-order chi connectivity index (χ0) is 23.2. The molecule has 0 radical (unpaired) electrons. The third-order valence-electron chi connectivity index (χ3n) is 5.35. The number of carboxylic acid groups (broad SMARTS) is 1. The van der Waals surface area contributed by atoms with Gasteiger partial charge in [-0.1, -0.05) is 54.6 Å². The summed E-state index contributed by atoms with van der Waals surface area (Å²) in [6.45, 7) is 0.470. The van der Waals surface area contributed by atoms with Crippen molar-refractivity contribution in [1.82, 2.24) is 5.32 Å². The molecule has 1 unspecified atom stereocenters. The minimum absolute atomic E-state index is 0.164. The molecule has 0 aliphatic rings. The summed E-state index contributed by atoms with van der Waals surface area (Å²) in [6.07, 6.45) is 0.164. The molecule has 0 fully saturated rings. The van der Waals surface area contributed by atoms with Gasteiger partial charge in [0.05, 0.1) is 0 Å². The van der Waals surface area contributed by atoms with E-state index >= 15 is 0 Å². The SMILES string of the molecule is Nc1ccc(CC(NC(=O)c2ccc3cc(OCc4ccccc4)ccc3c2)C(=O)O)cc1. The number of ether oxygens (including phenoxy) is 1. The monoisotopic (exact) mass is 440 g/mol. The van der Waals surface area contributed by atoms with E-state index in [1.54, 1.807) is 36.4 Å². The van der Waals surface area contributed by atoms with E-state index in [1.807, 2.05) is 54.6 Å². The molecule has 0 aliphatic heterocycles. The van der Waals surface area contributed by atoms with Crippen LogP contribution in [0.2, 0.25) is 0 Å². The van der Waals surface area contributed by atoms with Gasteiger partial charge in [-0.15, -0.1) is 0 Å². The quantitative estimate of drug-likeness (QED) is 0.352. The fraction of sp³-hybridized carbons (Fsp3) is 0.111. The minimum atomic E-state index is -1.10. The number of nitrogen functional groups attached to an aromatic ring is 1. The van der Waals surface area contributed by atoms with Crippen LogP contribution in [0.3, 0.4) is 0 Å². The molecule has 0 spiro atoms. The molecule has 166 valence electrons. The van der Waals surface area contributed by atoms with Gasteiger partial charge in [0.15, 0.2) is 0 Å². The van der Waals surface area contributed by atoms with Gasteiger partial charge in [0.2, 0.25) is 0 Å². The summed E-state index contributed by atoms with van der Waals surface area (Å²) in [5, 5.41) is 14.0. The Hall–Kier alpha value is -4.32. The van der Waals surface area contributed by atoms with Gasteiger partial charge in [-0.2, -0.15) is 0 Å². The highest BCUT2D eigenvalue weighted by Gasteiger charge is 2.21. The number of nitrogens with two attached hydrogens (primary N) is 1. The van der Waals surface area contributed by atoms with Crippen molar-refractivity contribution in [3.63, 3.8) is 0 Å². The van der Waals surface area contributed by atoms with Gasteiger partial charge in [0.1, 0.15) is 18.4 Å². The number of carbonyl (C=O) groups excluding carboxylic acids is 1. The zero-order valence-corrected chi connectivity index (χ0v) is 17.9. The van der Waals surface area contributed by atoms with Crippen LogP contribution in [-0.2, 0) is 17.8 Å². The van der Waals surface area contributed by atoms with Gasteiger partial charge in [-0.25, -0.2) is 4.79 Å². The average molecular weight is 440 g/mol. The standard InChI is InChI=1S/C27H24N2O4/c28-23-11-6-18(7-12-23)14-25(27(31)32)29-26(30)22-9-8-21-16-24(13-10-20(21)15-22)33-17-19-4-2-1-3-5-19/h1-13,15-16,25H,14,17,28H2,(H,29,30)(H,31,32). The van der Waals surface area contributed by atoms with Crippen molar-refractivity contribution in [3.8, 4) is 5.75 Å². The number of nitrogens with one attached hydrogen (secondary N) is 1. The van der Waals surface area contributed by atoms with Crippen LogP contribution in [0.4, 0.5) is 5.69 Å². The molecule has 0 aromatic heterocycles. The summed E-state index contributed by atoms with van der Waals surface area (Å²) >= 11 is 0. The van der Waals surface area contributed by atoms with Crippen molar-refractivity contribution in [2.45, 2.75) is 19.1 Å². The normalized spacial score (nSPS) is 11.6. The lowest BCUT2D eigenvalue weighted by molar-refractivity contribution is -0.139. The largest absolute Gasteiger partial charge is 0.489 e. The molecular formula is C27H24N2O4. The predicted molar refractivity (Wildman–Crippen MR) is 128 cm³/mol. The van der Waals surface area contributed by atoms with E-state index in [4.69, 9.17) is 10.5 Å². The first kappa shape index (κ1) is 21.9. The minimum Gasteiger partial charge on any atom is -0.489 e. The van der Waals surface area contributed by atoms with E-state index in [-0.39, 0.29) is 6.42 Å². The van der Waals surface area contributed by atoms with E-state index in [2.05, 4.69) is 5.32 Å². The Morgan fingerprint density at radius 1 is 0.848 bits per heavy atom. The van der Waals surface area contributed by atoms with Gasteiger partial charge in [-0.05, 0) is 58.3 Å². The van der Waals surface area contributed by atoms with Gasteiger partial charge in [0.25, 0.3) is 5.91 Å². The molecule has 4 rings (SSSR count). The number of hydrogen-bond acceptors (Lipinski definition) is 4. The highest BCUT2D eigenvalue weighted by Crippen LogP contribution is 2.23. The maximum absolute atomic E-state index is 12.8. The predicted octanol–water partition coefficient (Wildman–Crippen LogP) is 4.43. The Balaban J connectivity index is 1.44.